The van der Waals surface area contributed by atoms with Gasteiger partial charge in [-0.25, -0.2) is 14.2 Å². The third-order valence-electron chi connectivity index (χ3n) is 3.19. The number of nitrogens with zero attached hydrogens (tertiary/aromatic N) is 1. The van der Waals surface area contributed by atoms with Crippen molar-refractivity contribution in [2.24, 2.45) is 0 Å². The van der Waals surface area contributed by atoms with Crippen LogP contribution >= 0.6 is 0 Å². The maximum Gasteiger partial charge on any atom is 0.456 e. The Hall–Kier alpha value is -2.77. The smallest absolute Gasteiger partial charge is 0.456 e. The van der Waals surface area contributed by atoms with E-state index in [1.165, 1.54) is 25.1 Å². The number of ether oxygens (including phenoxy) is 1. The number of aromatic nitrogens is 1. The number of hydrogen-bond acceptors (Lipinski definition) is 4. The van der Waals surface area contributed by atoms with Crippen LogP contribution in [0.2, 0.25) is 0 Å². The summed E-state index contributed by atoms with van der Waals surface area (Å²) in [6.07, 6.45) is -5.14. The van der Waals surface area contributed by atoms with E-state index in [0.29, 0.717) is 6.07 Å². The molecule has 126 valence electrons. The van der Waals surface area contributed by atoms with Gasteiger partial charge in [-0.1, -0.05) is 0 Å². The number of alkyl halides is 3. The molecule has 1 aromatic carbocycles. The number of carbonyl (C=O) groups excluding carboxylic acids is 2. The summed E-state index contributed by atoms with van der Waals surface area (Å²) in [5.74, 6) is -3.61. The van der Waals surface area contributed by atoms with Gasteiger partial charge in [0.15, 0.2) is 0 Å². The van der Waals surface area contributed by atoms with Crippen molar-refractivity contribution < 1.29 is 31.9 Å². The molecule has 0 saturated heterocycles. The number of pyridine rings is 1. The second kappa shape index (κ2) is 6.38. The summed E-state index contributed by atoms with van der Waals surface area (Å²) in [6, 6.07) is 5.63. The van der Waals surface area contributed by atoms with Gasteiger partial charge in [-0.3, -0.25) is 4.79 Å². The molecule has 2 rings (SSSR count). The van der Waals surface area contributed by atoms with E-state index < -0.39 is 29.4 Å². The lowest BCUT2D eigenvalue weighted by atomic mass is 10.0. The van der Waals surface area contributed by atoms with E-state index in [2.05, 4.69) is 9.72 Å². The van der Waals surface area contributed by atoms with E-state index in [9.17, 15) is 27.2 Å². The first kappa shape index (κ1) is 17.6. The SMILES string of the molecule is COC(=O)c1cc(C(=O)C(F)(F)F)nc(-c2ccc(F)c(C)c2)c1. The highest BCUT2D eigenvalue weighted by atomic mass is 19.4. The monoisotopic (exact) mass is 341 g/mol. The number of hydrogen-bond donors (Lipinski definition) is 0. The van der Waals surface area contributed by atoms with E-state index in [4.69, 9.17) is 0 Å². The lowest BCUT2D eigenvalue weighted by Gasteiger charge is -2.10. The molecule has 0 fully saturated rings. The maximum atomic E-state index is 13.3. The third kappa shape index (κ3) is 3.58. The largest absolute Gasteiger partial charge is 0.465 e. The van der Waals surface area contributed by atoms with Crippen LogP contribution in [0.5, 0.6) is 0 Å². The molecule has 0 unspecified atom stereocenters. The normalized spacial score (nSPS) is 11.2. The van der Waals surface area contributed by atoms with Crippen molar-refractivity contribution in [1.82, 2.24) is 4.98 Å². The topological polar surface area (TPSA) is 56.3 Å². The van der Waals surface area contributed by atoms with Gasteiger partial charge in [-0.05, 0) is 42.8 Å². The number of Topliss-reactive ketones (excluding diaryl/α,β-unsaturated/α-hetero) is 1. The summed E-state index contributed by atoms with van der Waals surface area (Å²) in [4.78, 5) is 26.7. The summed E-state index contributed by atoms with van der Waals surface area (Å²) >= 11 is 0. The molecule has 0 spiro atoms. The Kier molecular flexibility index (Phi) is 4.68. The van der Waals surface area contributed by atoms with Gasteiger partial charge in [0, 0.05) is 5.56 Å². The van der Waals surface area contributed by atoms with Gasteiger partial charge >= 0.3 is 12.1 Å². The summed E-state index contributed by atoms with van der Waals surface area (Å²) in [5, 5.41) is 0. The predicted molar refractivity (Wildman–Crippen MR) is 76.1 cm³/mol. The Balaban J connectivity index is 2.64. The molecular weight excluding hydrogens is 330 g/mol. The minimum atomic E-state index is -5.14. The molecule has 0 bridgehead atoms. The highest BCUT2D eigenvalue weighted by molar-refractivity contribution is 6.01. The van der Waals surface area contributed by atoms with Crippen molar-refractivity contribution in [2.45, 2.75) is 13.1 Å². The lowest BCUT2D eigenvalue weighted by Crippen LogP contribution is -2.24. The average molecular weight is 341 g/mol. The van der Waals surface area contributed by atoms with Gasteiger partial charge < -0.3 is 4.74 Å². The third-order valence-corrected chi connectivity index (χ3v) is 3.19. The molecule has 24 heavy (non-hydrogen) atoms. The fraction of sp³-hybridized carbons (Fsp3) is 0.188. The van der Waals surface area contributed by atoms with Crippen LogP contribution in [0.15, 0.2) is 30.3 Å². The van der Waals surface area contributed by atoms with E-state index in [1.807, 2.05) is 0 Å². The number of ketones is 1. The number of benzene rings is 1. The zero-order valence-corrected chi connectivity index (χ0v) is 12.6. The minimum Gasteiger partial charge on any atom is -0.465 e. The summed E-state index contributed by atoms with van der Waals surface area (Å²) in [7, 11) is 1.05. The van der Waals surface area contributed by atoms with Crippen molar-refractivity contribution in [3.05, 3.63) is 53.0 Å². The zero-order chi connectivity index (χ0) is 18.1. The molecule has 0 radical (unpaired) electrons. The van der Waals surface area contributed by atoms with Crippen LogP contribution in [0.4, 0.5) is 17.6 Å². The molecule has 1 aromatic heterocycles. The molecule has 2 aromatic rings. The van der Waals surface area contributed by atoms with Crippen LogP contribution in [-0.2, 0) is 4.74 Å². The number of rotatable bonds is 3. The van der Waals surface area contributed by atoms with E-state index in [1.54, 1.807) is 0 Å². The highest BCUT2D eigenvalue weighted by Crippen LogP contribution is 2.26. The van der Waals surface area contributed by atoms with Gasteiger partial charge in [-0.2, -0.15) is 13.2 Å². The quantitative estimate of drug-likeness (QED) is 0.485. The molecule has 0 N–H and O–H groups in total. The first-order chi connectivity index (χ1) is 11.1. The Bertz CT molecular complexity index is 815. The molecule has 0 amide bonds. The van der Waals surface area contributed by atoms with Gasteiger partial charge in [-0.15, -0.1) is 0 Å². The Labute approximate surface area is 134 Å². The molecule has 8 heteroatoms. The molecule has 4 nitrogen and oxygen atoms in total. The van der Waals surface area contributed by atoms with Crippen LogP contribution < -0.4 is 0 Å². The van der Waals surface area contributed by atoms with E-state index in [-0.39, 0.29) is 22.4 Å². The second-order valence-corrected chi connectivity index (χ2v) is 4.91. The van der Waals surface area contributed by atoms with E-state index >= 15 is 0 Å². The van der Waals surface area contributed by atoms with E-state index in [0.717, 1.165) is 13.2 Å². The first-order valence-corrected chi connectivity index (χ1v) is 6.62. The number of carbonyl (C=O) groups is 2. The molecule has 0 aliphatic rings. The number of halogens is 4. The Morgan fingerprint density at radius 1 is 1.12 bits per heavy atom. The fourth-order valence-corrected chi connectivity index (χ4v) is 1.98. The van der Waals surface area contributed by atoms with Gasteiger partial charge in [0.1, 0.15) is 11.5 Å². The average Bonchev–Trinajstić information content (AvgIpc) is 2.54. The zero-order valence-electron chi connectivity index (χ0n) is 12.6. The van der Waals surface area contributed by atoms with Crippen molar-refractivity contribution in [3.63, 3.8) is 0 Å². The van der Waals surface area contributed by atoms with Crippen LogP contribution in [-0.4, -0.2) is 30.0 Å². The van der Waals surface area contributed by atoms with Crippen molar-refractivity contribution >= 4 is 11.8 Å². The van der Waals surface area contributed by atoms with Gasteiger partial charge in [0.2, 0.25) is 0 Å². The van der Waals surface area contributed by atoms with Crippen LogP contribution in [0, 0.1) is 12.7 Å². The van der Waals surface area contributed by atoms with Crippen LogP contribution in [0.25, 0.3) is 11.3 Å². The van der Waals surface area contributed by atoms with Crippen LogP contribution in [0.1, 0.15) is 26.4 Å². The number of methoxy groups -OCH3 is 1. The lowest BCUT2D eigenvalue weighted by molar-refractivity contribution is -0.0888. The fourth-order valence-electron chi connectivity index (χ4n) is 1.98. The van der Waals surface area contributed by atoms with Crippen molar-refractivity contribution in [2.75, 3.05) is 7.11 Å². The first-order valence-electron chi connectivity index (χ1n) is 6.62. The molecule has 0 aliphatic carbocycles. The number of esters is 1. The second-order valence-electron chi connectivity index (χ2n) is 4.91. The summed E-state index contributed by atoms with van der Waals surface area (Å²) in [5.41, 5.74) is -0.787. The van der Waals surface area contributed by atoms with Crippen molar-refractivity contribution in [3.8, 4) is 11.3 Å². The predicted octanol–water partition coefficient (Wildman–Crippen LogP) is 3.73. The summed E-state index contributed by atoms with van der Waals surface area (Å²) < 4.78 is 55.8. The number of aryl methyl sites for hydroxylation is 1. The Morgan fingerprint density at radius 3 is 2.33 bits per heavy atom. The Morgan fingerprint density at radius 2 is 1.79 bits per heavy atom. The molecular formula is C16H11F4NO3. The van der Waals surface area contributed by atoms with Gasteiger partial charge in [0.05, 0.1) is 18.4 Å². The molecule has 0 aliphatic heterocycles. The van der Waals surface area contributed by atoms with Gasteiger partial charge in [0.25, 0.3) is 5.78 Å². The molecule has 1 heterocycles. The molecule has 0 saturated carbocycles. The minimum absolute atomic E-state index is 0.0754. The highest BCUT2D eigenvalue weighted by Gasteiger charge is 2.40. The maximum absolute atomic E-state index is 13.3. The van der Waals surface area contributed by atoms with Crippen molar-refractivity contribution in [1.29, 1.82) is 0 Å². The summed E-state index contributed by atoms with van der Waals surface area (Å²) in [6.45, 7) is 1.46. The van der Waals surface area contributed by atoms with Crippen LogP contribution in [0.3, 0.4) is 0 Å². The molecule has 0 atom stereocenters. The standard InChI is InChI=1S/C16H11F4NO3/c1-8-5-9(3-4-11(8)17)12-6-10(15(23)24-2)7-13(21-12)14(22)16(18,19)20/h3-7H,1-2H3.